The fourth-order valence-electron chi connectivity index (χ4n) is 5.89. The molecule has 10 nitrogen and oxygen atoms in total. The Balaban J connectivity index is 1.51. The molecule has 0 bridgehead atoms. The Morgan fingerprint density at radius 1 is 1.20 bits per heavy atom. The van der Waals surface area contributed by atoms with Crippen molar-refractivity contribution in [2.75, 3.05) is 44.7 Å². The van der Waals surface area contributed by atoms with E-state index in [4.69, 9.17) is 14.1 Å². The lowest BCUT2D eigenvalue weighted by Gasteiger charge is -2.39. The lowest BCUT2D eigenvalue weighted by atomic mass is 9.98. The molecule has 2 atom stereocenters. The van der Waals surface area contributed by atoms with Gasteiger partial charge in [0.25, 0.3) is 0 Å². The predicted molar refractivity (Wildman–Crippen MR) is 147 cm³/mol. The van der Waals surface area contributed by atoms with E-state index in [1.165, 1.54) is 29.4 Å². The van der Waals surface area contributed by atoms with E-state index in [-0.39, 0.29) is 42.7 Å². The maximum absolute atomic E-state index is 14.9. The summed E-state index contributed by atoms with van der Waals surface area (Å²) in [5, 5.41) is 20.0. The summed E-state index contributed by atoms with van der Waals surface area (Å²) in [7, 11) is 2.04. The zero-order valence-corrected chi connectivity index (χ0v) is 22.4. The second-order valence-corrected chi connectivity index (χ2v) is 10.4. The lowest BCUT2D eigenvalue weighted by Crippen LogP contribution is -2.55. The van der Waals surface area contributed by atoms with Crippen molar-refractivity contribution in [2.45, 2.75) is 31.3 Å². The molecule has 1 N–H and O–H groups in total. The maximum Gasteiger partial charge on any atom is 0.407 e. The zero-order valence-electron chi connectivity index (χ0n) is 22.4. The lowest BCUT2D eigenvalue weighted by molar-refractivity contribution is 0.119. The van der Waals surface area contributed by atoms with Gasteiger partial charge in [0.1, 0.15) is 29.6 Å². The Morgan fingerprint density at radius 3 is 2.71 bits per heavy atom. The topological polar surface area (TPSA) is 119 Å². The Morgan fingerprint density at radius 2 is 2.00 bits per heavy atom. The SMILES string of the molecule is CN1CCC[C@H]1COc1nc(N2CCN(C(=O)O)[C@@H](CC#N)C2)c2c(cc(-c3c(F)cccc3F)c3ccoc32)n1. The van der Waals surface area contributed by atoms with Gasteiger partial charge in [0.15, 0.2) is 0 Å². The molecule has 2 fully saturated rings. The minimum atomic E-state index is -1.09. The Kier molecular flexibility index (Phi) is 7.05. The summed E-state index contributed by atoms with van der Waals surface area (Å²) in [6.07, 6.45) is 2.41. The largest absolute Gasteiger partial charge is 0.465 e. The summed E-state index contributed by atoms with van der Waals surface area (Å²) >= 11 is 0. The first-order chi connectivity index (χ1) is 19.9. The average molecular weight is 563 g/mol. The van der Waals surface area contributed by atoms with Crippen LogP contribution in [0.25, 0.3) is 33.0 Å². The summed E-state index contributed by atoms with van der Waals surface area (Å²) in [6.45, 7) is 2.01. The molecule has 0 unspecified atom stereocenters. The van der Waals surface area contributed by atoms with Gasteiger partial charge in [-0.2, -0.15) is 15.2 Å². The number of amides is 1. The van der Waals surface area contributed by atoms with Crippen LogP contribution in [0.15, 0.2) is 41.0 Å². The molecule has 1 amide bonds. The number of ether oxygens (including phenoxy) is 1. The zero-order chi connectivity index (χ0) is 28.7. The van der Waals surface area contributed by atoms with Crippen LogP contribution in [0.4, 0.5) is 19.4 Å². The third kappa shape index (κ3) is 4.86. The van der Waals surface area contributed by atoms with Crippen molar-refractivity contribution >= 4 is 33.8 Å². The van der Waals surface area contributed by atoms with Gasteiger partial charge in [-0.05, 0) is 50.7 Å². The highest BCUT2D eigenvalue weighted by molar-refractivity contribution is 6.14. The first kappa shape index (κ1) is 26.7. The van der Waals surface area contributed by atoms with Crippen molar-refractivity contribution in [3.8, 4) is 23.2 Å². The number of likely N-dealkylation sites (tertiary alicyclic amines) is 1. The summed E-state index contributed by atoms with van der Waals surface area (Å²) in [4.78, 5) is 26.6. The van der Waals surface area contributed by atoms with E-state index >= 15 is 0 Å². The Labute approximate surface area is 234 Å². The van der Waals surface area contributed by atoms with Crippen LogP contribution in [0, 0.1) is 23.0 Å². The highest BCUT2D eigenvalue weighted by Crippen LogP contribution is 2.41. The van der Waals surface area contributed by atoms with Gasteiger partial charge in [0.2, 0.25) is 0 Å². The number of carboxylic acid groups (broad SMARTS) is 1. The maximum atomic E-state index is 14.9. The number of furan rings is 1. The molecule has 6 rings (SSSR count). The standard InChI is InChI=1S/C29H28F2N6O4/c1-35-10-3-4-18(35)16-41-28-33-23-14-20(24-21(30)5-2-6-22(24)31)19-8-13-40-26(19)25(23)27(34-28)36-11-12-37(29(38)39)17(15-36)7-9-32/h2,5-6,8,13-14,17-18H,3-4,7,10-12,15-16H2,1H3,(H,38,39)/t17-,18-/m0/s1. The molecule has 2 aliphatic rings. The monoisotopic (exact) mass is 562 g/mol. The van der Waals surface area contributed by atoms with Crippen LogP contribution in [0.3, 0.4) is 0 Å². The molecule has 0 saturated carbocycles. The number of rotatable bonds is 6. The Hall–Kier alpha value is -4.50. The number of piperazine rings is 1. The van der Waals surface area contributed by atoms with E-state index in [1.54, 1.807) is 12.1 Å². The van der Waals surface area contributed by atoms with Crippen molar-refractivity contribution in [3.05, 3.63) is 48.2 Å². The van der Waals surface area contributed by atoms with Gasteiger partial charge in [0.05, 0.1) is 41.3 Å². The van der Waals surface area contributed by atoms with Crippen LogP contribution in [0.5, 0.6) is 6.01 Å². The van der Waals surface area contributed by atoms with E-state index in [9.17, 15) is 23.9 Å². The summed E-state index contributed by atoms with van der Waals surface area (Å²) in [5.41, 5.74) is 0.790. The van der Waals surface area contributed by atoms with Gasteiger partial charge in [-0.1, -0.05) is 6.07 Å². The first-order valence-corrected chi connectivity index (χ1v) is 13.5. The van der Waals surface area contributed by atoms with E-state index in [0.29, 0.717) is 40.8 Å². The molecular formula is C29H28F2N6O4. The van der Waals surface area contributed by atoms with Crippen molar-refractivity contribution in [1.82, 2.24) is 19.8 Å². The summed E-state index contributed by atoms with van der Waals surface area (Å²) in [6, 6.07) is 8.74. The second-order valence-electron chi connectivity index (χ2n) is 10.4. The fourth-order valence-corrected chi connectivity index (χ4v) is 5.89. The number of benzene rings is 2. The van der Waals surface area contributed by atoms with E-state index in [0.717, 1.165) is 19.4 Å². The third-order valence-electron chi connectivity index (χ3n) is 8.02. The quantitative estimate of drug-likeness (QED) is 0.351. The molecule has 0 aliphatic carbocycles. The predicted octanol–water partition coefficient (Wildman–Crippen LogP) is 4.88. The Bertz CT molecular complexity index is 1650. The minimum absolute atomic E-state index is 0.00998. The normalized spacial score (nSPS) is 19.7. The number of nitriles is 1. The number of halogens is 2. The number of nitrogens with zero attached hydrogens (tertiary/aromatic N) is 6. The van der Waals surface area contributed by atoms with E-state index < -0.39 is 23.8 Å². The summed E-state index contributed by atoms with van der Waals surface area (Å²) in [5.74, 6) is -0.990. The molecule has 41 heavy (non-hydrogen) atoms. The molecule has 2 aromatic carbocycles. The molecule has 2 aromatic heterocycles. The molecule has 4 heterocycles. The van der Waals surface area contributed by atoms with Crippen LogP contribution in [-0.2, 0) is 0 Å². The van der Waals surface area contributed by atoms with Crippen LogP contribution in [0.1, 0.15) is 19.3 Å². The third-order valence-corrected chi connectivity index (χ3v) is 8.02. The molecule has 2 aliphatic heterocycles. The number of likely N-dealkylation sites (N-methyl/N-ethyl adjacent to an activating group) is 1. The highest BCUT2D eigenvalue weighted by atomic mass is 19.1. The van der Waals surface area contributed by atoms with Gasteiger partial charge in [-0.15, -0.1) is 0 Å². The molecule has 4 aromatic rings. The molecule has 12 heteroatoms. The fraction of sp³-hybridized carbons (Fsp3) is 0.379. The van der Waals surface area contributed by atoms with Crippen LogP contribution in [-0.4, -0.2) is 82.9 Å². The van der Waals surface area contributed by atoms with Crippen LogP contribution >= 0.6 is 0 Å². The summed E-state index contributed by atoms with van der Waals surface area (Å²) < 4.78 is 41.9. The number of anilines is 1. The van der Waals surface area contributed by atoms with E-state index in [1.807, 2.05) is 11.9 Å². The van der Waals surface area contributed by atoms with Gasteiger partial charge >= 0.3 is 12.1 Å². The second kappa shape index (κ2) is 10.8. The molecular weight excluding hydrogens is 534 g/mol. The van der Waals surface area contributed by atoms with Gasteiger partial charge in [-0.25, -0.2) is 13.6 Å². The van der Waals surface area contributed by atoms with Crippen LogP contribution in [0.2, 0.25) is 0 Å². The molecule has 0 spiro atoms. The number of aromatic nitrogens is 2. The highest BCUT2D eigenvalue weighted by Gasteiger charge is 2.33. The van der Waals surface area contributed by atoms with Crippen LogP contribution < -0.4 is 9.64 Å². The van der Waals surface area contributed by atoms with Crippen molar-refractivity contribution in [3.63, 3.8) is 0 Å². The number of carbonyl (C=O) groups is 1. The molecule has 0 radical (unpaired) electrons. The smallest absolute Gasteiger partial charge is 0.407 e. The number of hydrogen-bond donors (Lipinski definition) is 1. The molecule has 2 saturated heterocycles. The number of fused-ring (bicyclic) bond motifs is 3. The first-order valence-electron chi connectivity index (χ1n) is 13.5. The van der Waals surface area contributed by atoms with Crippen molar-refractivity contribution in [1.29, 1.82) is 5.26 Å². The van der Waals surface area contributed by atoms with Gasteiger partial charge in [0, 0.05) is 36.6 Å². The van der Waals surface area contributed by atoms with Crippen molar-refractivity contribution in [2.24, 2.45) is 0 Å². The van der Waals surface area contributed by atoms with E-state index in [2.05, 4.69) is 16.0 Å². The van der Waals surface area contributed by atoms with Gasteiger partial charge < -0.3 is 29.0 Å². The number of hydrogen-bond acceptors (Lipinski definition) is 8. The van der Waals surface area contributed by atoms with Crippen molar-refractivity contribution < 1.29 is 27.8 Å². The minimum Gasteiger partial charge on any atom is -0.465 e. The molecule has 212 valence electrons. The average Bonchev–Trinajstić information content (AvgIpc) is 3.60. The van der Waals surface area contributed by atoms with Gasteiger partial charge in [-0.3, -0.25) is 0 Å².